The maximum absolute atomic E-state index is 12.5. The maximum atomic E-state index is 12.5. The standard InChI is InChI=1S/C18H24N2O5.K.2H2O.H/c1-12(16(21)20-11-5-8-15(20)18(24)25)19-14(17(22)23)10-9-13-6-3-2-4-7-13;;;;/h2-4,6-7,12,14-15,19H,5,8-11H2,1H3,(H,22,23)(H,24,25);;2*1H2;/t12-,14-,15-;;;;/m0..../s1. The predicted molar refractivity (Wildman–Crippen MR) is 106 cm³/mol. The van der Waals surface area contributed by atoms with Crippen molar-refractivity contribution in [1.29, 1.82) is 0 Å². The molecular formula is C18H29KN2O7. The van der Waals surface area contributed by atoms with Gasteiger partial charge in [0, 0.05) is 6.54 Å². The van der Waals surface area contributed by atoms with E-state index in [-0.39, 0.29) is 68.2 Å². The number of amides is 1. The molecule has 0 aromatic heterocycles. The first-order valence-corrected chi connectivity index (χ1v) is 8.46. The van der Waals surface area contributed by atoms with Gasteiger partial charge in [0.05, 0.1) is 6.04 Å². The number of aliphatic carboxylic acids is 2. The molecule has 28 heavy (non-hydrogen) atoms. The van der Waals surface area contributed by atoms with Gasteiger partial charge in [0.25, 0.3) is 0 Å². The van der Waals surface area contributed by atoms with Gasteiger partial charge in [0.2, 0.25) is 5.91 Å². The van der Waals surface area contributed by atoms with Gasteiger partial charge in [-0.3, -0.25) is 14.9 Å². The zero-order valence-electron chi connectivity index (χ0n) is 15.2. The Bertz CT molecular complexity index is 630. The molecule has 0 bridgehead atoms. The van der Waals surface area contributed by atoms with Crippen LogP contribution in [0.5, 0.6) is 0 Å². The summed E-state index contributed by atoms with van der Waals surface area (Å²) < 4.78 is 0. The number of hydrogen-bond acceptors (Lipinski definition) is 4. The fourth-order valence-electron chi connectivity index (χ4n) is 3.14. The van der Waals surface area contributed by atoms with Crippen LogP contribution < -0.4 is 5.32 Å². The SMILES string of the molecule is C[C@H](N[C@@H](CCc1ccccc1)C(=O)O)C(=O)N1CCC[C@H]1C(=O)O.O.O.[KH]. The molecule has 1 heterocycles. The number of benzene rings is 1. The monoisotopic (exact) mass is 424 g/mol. The van der Waals surface area contributed by atoms with E-state index in [1.54, 1.807) is 6.92 Å². The average Bonchev–Trinajstić information content (AvgIpc) is 3.08. The summed E-state index contributed by atoms with van der Waals surface area (Å²) in [4.78, 5) is 36.5. The minimum absolute atomic E-state index is 0. The number of nitrogens with zero attached hydrogens (tertiary/aromatic N) is 1. The number of carbonyl (C=O) groups is 3. The first-order valence-electron chi connectivity index (χ1n) is 8.46. The molecule has 0 aliphatic carbocycles. The summed E-state index contributed by atoms with van der Waals surface area (Å²) in [5.74, 6) is -2.40. The number of carboxylic acid groups (broad SMARTS) is 2. The van der Waals surface area contributed by atoms with Gasteiger partial charge in [-0.25, -0.2) is 4.79 Å². The normalized spacial score (nSPS) is 17.3. The van der Waals surface area contributed by atoms with E-state index in [0.717, 1.165) is 5.56 Å². The third kappa shape index (κ3) is 8.25. The van der Waals surface area contributed by atoms with E-state index in [4.69, 9.17) is 0 Å². The Morgan fingerprint density at radius 2 is 1.79 bits per heavy atom. The number of carboxylic acids is 2. The van der Waals surface area contributed by atoms with E-state index in [2.05, 4.69) is 5.32 Å². The molecule has 0 saturated carbocycles. The van der Waals surface area contributed by atoms with Crippen LogP contribution in [0.3, 0.4) is 0 Å². The molecule has 1 fully saturated rings. The van der Waals surface area contributed by atoms with Crippen molar-refractivity contribution < 1.29 is 35.5 Å². The molecule has 1 aromatic rings. The van der Waals surface area contributed by atoms with Crippen molar-refractivity contribution in [2.75, 3.05) is 6.54 Å². The summed E-state index contributed by atoms with van der Waals surface area (Å²) >= 11 is 0. The Morgan fingerprint density at radius 1 is 1.18 bits per heavy atom. The van der Waals surface area contributed by atoms with E-state index < -0.39 is 30.1 Å². The Labute approximate surface area is 206 Å². The van der Waals surface area contributed by atoms with Crippen LogP contribution in [0.25, 0.3) is 0 Å². The molecule has 154 valence electrons. The summed E-state index contributed by atoms with van der Waals surface area (Å²) in [5, 5.41) is 21.4. The Morgan fingerprint density at radius 3 is 2.32 bits per heavy atom. The number of rotatable bonds is 8. The van der Waals surface area contributed by atoms with E-state index >= 15 is 0 Å². The number of nitrogens with one attached hydrogen (secondary N) is 1. The molecule has 1 amide bonds. The van der Waals surface area contributed by atoms with Gasteiger partial charge in [0.15, 0.2) is 0 Å². The molecule has 0 unspecified atom stereocenters. The van der Waals surface area contributed by atoms with Crippen molar-refractivity contribution in [2.45, 2.75) is 50.7 Å². The van der Waals surface area contributed by atoms with Gasteiger partial charge in [-0.05, 0) is 38.2 Å². The quantitative estimate of drug-likeness (QED) is 0.444. The third-order valence-corrected chi connectivity index (χ3v) is 4.51. The van der Waals surface area contributed by atoms with Crippen molar-refractivity contribution in [3.8, 4) is 0 Å². The summed E-state index contributed by atoms with van der Waals surface area (Å²) in [6.07, 6.45) is 2.00. The van der Waals surface area contributed by atoms with E-state index in [1.807, 2.05) is 30.3 Å². The van der Waals surface area contributed by atoms with Gasteiger partial charge in [-0.15, -0.1) is 0 Å². The van der Waals surface area contributed by atoms with Crippen LogP contribution in [-0.4, -0.2) is 120 Å². The van der Waals surface area contributed by atoms with Crippen molar-refractivity contribution >= 4 is 69.2 Å². The van der Waals surface area contributed by atoms with Crippen LogP contribution in [-0.2, 0) is 20.8 Å². The molecule has 1 aliphatic heterocycles. The van der Waals surface area contributed by atoms with E-state index in [1.165, 1.54) is 4.90 Å². The second kappa shape index (κ2) is 14.2. The fraction of sp³-hybridized carbons (Fsp3) is 0.500. The molecule has 7 N–H and O–H groups in total. The van der Waals surface area contributed by atoms with Crippen molar-refractivity contribution in [1.82, 2.24) is 10.2 Å². The number of carbonyl (C=O) groups excluding carboxylic acids is 1. The van der Waals surface area contributed by atoms with Gasteiger partial charge in [-0.1, -0.05) is 30.3 Å². The molecular weight excluding hydrogens is 395 g/mol. The van der Waals surface area contributed by atoms with Crippen LogP contribution in [0.2, 0.25) is 0 Å². The topological polar surface area (TPSA) is 170 Å². The van der Waals surface area contributed by atoms with E-state index in [0.29, 0.717) is 32.2 Å². The second-order valence-electron chi connectivity index (χ2n) is 6.33. The average molecular weight is 425 g/mol. The number of aryl methyl sites for hydroxylation is 1. The van der Waals surface area contributed by atoms with Crippen LogP contribution in [0.1, 0.15) is 31.7 Å². The number of likely N-dealkylation sites (tertiary alicyclic amines) is 1. The van der Waals surface area contributed by atoms with Crippen LogP contribution in [0.4, 0.5) is 0 Å². The van der Waals surface area contributed by atoms with Gasteiger partial charge >= 0.3 is 63.3 Å². The van der Waals surface area contributed by atoms with Gasteiger partial charge < -0.3 is 26.1 Å². The minimum atomic E-state index is -1.02. The van der Waals surface area contributed by atoms with Gasteiger partial charge in [0.1, 0.15) is 12.1 Å². The zero-order chi connectivity index (χ0) is 18.4. The Balaban J connectivity index is 0. The predicted octanol–water partition coefficient (Wildman–Crippen LogP) is -1.17. The molecule has 0 radical (unpaired) electrons. The fourth-order valence-corrected chi connectivity index (χ4v) is 3.14. The zero-order valence-corrected chi connectivity index (χ0v) is 15.2. The summed E-state index contributed by atoms with van der Waals surface area (Å²) in [5.41, 5.74) is 1.03. The van der Waals surface area contributed by atoms with Crippen LogP contribution >= 0.6 is 0 Å². The molecule has 2 rings (SSSR count). The molecule has 3 atom stereocenters. The third-order valence-electron chi connectivity index (χ3n) is 4.51. The molecule has 9 nitrogen and oxygen atoms in total. The Hall–Kier alpha value is -0.854. The Kier molecular flexibility index (Phi) is 14.9. The molecule has 1 aliphatic rings. The first-order chi connectivity index (χ1) is 11.9. The summed E-state index contributed by atoms with van der Waals surface area (Å²) in [7, 11) is 0. The van der Waals surface area contributed by atoms with Crippen LogP contribution in [0, 0.1) is 0 Å². The molecule has 1 aromatic carbocycles. The second-order valence-corrected chi connectivity index (χ2v) is 6.33. The first kappa shape index (κ1) is 29.3. The molecule has 10 heteroatoms. The van der Waals surface area contributed by atoms with Crippen molar-refractivity contribution in [3.63, 3.8) is 0 Å². The van der Waals surface area contributed by atoms with Crippen molar-refractivity contribution in [3.05, 3.63) is 35.9 Å². The van der Waals surface area contributed by atoms with E-state index in [9.17, 15) is 24.6 Å². The van der Waals surface area contributed by atoms with Crippen molar-refractivity contribution in [2.24, 2.45) is 0 Å². The molecule has 1 saturated heterocycles. The van der Waals surface area contributed by atoms with Gasteiger partial charge in [-0.2, -0.15) is 0 Å². The summed E-state index contributed by atoms with van der Waals surface area (Å²) in [6, 6.07) is 7.09. The van der Waals surface area contributed by atoms with Crippen LogP contribution in [0.15, 0.2) is 30.3 Å². The summed E-state index contributed by atoms with van der Waals surface area (Å²) in [6.45, 7) is 1.97. The molecule has 0 spiro atoms. The number of hydrogen-bond donors (Lipinski definition) is 3.